The van der Waals surface area contributed by atoms with Crippen molar-refractivity contribution in [2.24, 2.45) is 0 Å². The van der Waals surface area contributed by atoms with Gasteiger partial charge in [-0.05, 0) is 31.2 Å². The lowest BCUT2D eigenvalue weighted by molar-refractivity contribution is -0.137. The molecular weight excluding hydrogens is 389 g/mol. The van der Waals surface area contributed by atoms with Crippen LogP contribution in [0.15, 0.2) is 51.8 Å². The first kappa shape index (κ1) is 18.7. The molecule has 0 spiro atoms. The zero-order chi connectivity index (χ0) is 20.8. The summed E-state index contributed by atoms with van der Waals surface area (Å²) in [4.78, 5) is 24.6. The average Bonchev–Trinajstić information content (AvgIpc) is 3.08. The van der Waals surface area contributed by atoms with Crippen LogP contribution in [0.25, 0.3) is 16.6 Å². The smallest absolute Gasteiger partial charge is 0.417 e. The van der Waals surface area contributed by atoms with Gasteiger partial charge in [0.1, 0.15) is 5.58 Å². The van der Waals surface area contributed by atoms with E-state index in [-0.39, 0.29) is 34.8 Å². The topological polar surface area (TPSA) is 89.5 Å². The minimum Gasteiger partial charge on any atom is -0.451 e. The zero-order valence-electron chi connectivity index (χ0n) is 14.9. The first-order chi connectivity index (χ1) is 13.7. The molecule has 0 radical (unpaired) electrons. The van der Waals surface area contributed by atoms with Crippen LogP contribution in [0.5, 0.6) is 0 Å². The Labute approximate surface area is 160 Å². The number of amides is 1. The van der Waals surface area contributed by atoms with E-state index in [9.17, 15) is 22.8 Å². The summed E-state index contributed by atoms with van der Waals surface area (Å²) in [6, 6.07) is 8.15. The van der Waals surface area contributed by atoms with Gasteiger partial charge in [-0.3, -0.25) is 14.0 Å². The van der Waals surface area contributed by atoms with Gasteiger partial charge in [0, 0.05) is 12.3 Å². The molecule has 0 atom stereocenters. The van der Waals surface area contributed by atoms with Gasteiger partial charge in [0.15, 0.2) is 22.7 Å². The summed E-state index contributed by atoms with van der Waals surface area (Å²) in [5.74, 6) is -0.817. The van der Waals surface area contributed by atoms with Gasteiger partial charge in [-0.25, -0.2) is 0 Å². The number of pyridine rings is 1. The Morgan fingerprint density at radius 2 is 1.97 bits per heavy atom. The highest BCUT2D eigenvalue weighted by molar-refractivity contribution is 5.93. The molecule has 0 bridgehead atoms. The second-order valence-electron chi connectivity index (χ2n) is 6.42. The number of rotatable bonds is 3. The number of benzene rings is 1. The van der Waals surface area contributed by atoms with Crippen LogP contribution in [0.4, 0.5) is 13.2 Å². The summed E-state index contributed by atoms with van der Waals surface area (Å²) in [7, 11) is 0. The lowest BCUT2D eigenvalue weighted by atomic mass is 10.1. The maximum absolute atomic E-state index is 12.9. The average molecular weight is 402 g/mol. The number of fused-ring (bicyclic) bond motifs is 2. The second-order valence-corrected chi connectivity index (χ2v) is 6.42. The summed E-state index contributed by atoms with van der Waals surface area (Å²) in [5, 5.41) is 10.4. The fraction of sp³-hybridized carbons (Fsp3) is 0.158. The lowest BCUT2D eigenvalue weighted by Crippen LogP contribution is -2.25. The number of aryl methyl sites for hydroxylation is 1. The van der Waals surface area contributed by atoms with Crippen molar-refractivity contribution in [2.45, 2.75) is 19.6 Å². The molecule has 4 aromatic rings. The van der Waals surface area contributed by atoms with E-state index in [4.69, 9.17) is 4.42 Å². The van der Waals surface area contributed by atoms with Crippen molar-refractivity contribution in [3.8, 4) is 0 Å². The van der Waals surface area contributed by atoms with E-state index in [1.807, 2.05) is 6.92 Å². The van der Waals surface area contributed by atoms with Crippen molar-refractivity contribution >= 4 is 22.5 Å². The number of hydrogen-bond acceptors (Lipinski definition) is 5. The molecule has 0 aliphatic carbocycles. The quantitative estimate of drug-likeness (QED) is 0.569. The van der Waals surface area contributed by atoms with E-state index in [2.05, 4.69) is 15.5 Å². The van der Waals surface area contributed by atoms with Gasteiger partial charge in [0.05, 0.1) is 17.5 Å². The molecule has 10 heteroatoms. The highest BCUT2D eigenvalue weighted by atomic mass is 19.4. The van der Waals surface area contributed by atoms with E-state index in [1.54, 1.807) is 18.2 Å². The van der Waals surface area contributed by atoms with E-state index < -0.39 is 17.6 Å². The number of carbonyl (C=O) groups excluding carboxylic acids is 1. The maximum atomic E-state index is 12.9. The number of alkyl halides is 3. The minimum atomic E-state index is -4.52. The SMILES string of the molecule is Cc1ccc2oc(C(=O)NCc3nnc4ccc(C(F)(F)F)cn34)cc(=O)c2c1. The van der Waals surface area contributed by atoms with Gasteiger partial charge in [-0.2, -0.15) is 13.2 Å². The third-order valence-corrected chi connectivity index (χ3v) is 4.31. The van der Waals surface area contributed by atoms with E-state index in [0.29, 0.717) is 5.39 Å². The van der Waals surface area contributed by atoms with Crippen LogP contribution in [0.3, 0.4) is 0 Å². The van der Waals surface area contributed by atoms with Crippen molar-refractivity contribution in [1.82, 2.24) is 19.9 Å². The molecule has 3 aromatic heterocycles. The molecule has 0 unspecified atom stereocenters. The summed E-state index contributed by atoms with van der Waals surface area (Å²) >= 11 is 0. The van der Waals surface area contributed by atoms with E-state index >= 15 is 0 Å². The molecule has 0 aliphatic heterocycles. The zero-order valence-corrected chi connectivity index (χ0v) is 14.9. The normalized spacial score (nSPS) is 11.9. The Balaban J connectivity index is 1.59. The highest BCUT2D eigenvalue weighted by Gasteiger charge is 2.31. The molecule has 3 heterocycles. The third kappa shape index (κ3) is 3.56. The largest absolute Gasteiger partial charge is 0.451 e. The summed E-state index contributed by atoms with van der Waals surface area (Å²) in [6.45, 7) is 1.61. The Morgan fingerprint density at radius 1 is 1.17 bits per heavy atom. The van der Waals surface area contributed by atoms with Crippen molar-refractivity contribution in [3.63, 3.8) is 0 Å². The van der Waals surface area contributed by atoms with Crippen molar-refractivity contribution < 1.29 is 22.4 Å². The van der Waals surface area contributed by atoms with Gasteiger partial charge < -0.3 is 9.73 Å². The number of hydrogen-bond donors (Lipinski definition) is 1. The first-order valence-corrected chi connectivity index (χ1v) is 8.46. The van der Waals surface area contributed by atoms with Crippen molar-refractivity contribution in [3.05, 3.63) is 75.5 Å². The van der Waals surface area contributed by atoms with Crippen LogP contribution in [-0.4, -0.2) is 20.5 Å². The van der Waals surface area contributed by atoms with Crippen LogP contribution >= 0.6 is 0 Å². The van der Waals surface area contributed by atoms with Gasteiger partial charge in [0.2, 0.25) is 0 Å². The molecule has 0 fully saturated rings. The highest BCUT2D eigenvalue weighted by Crippen LogP contribution is 2.29. The molecule has 1 amide bonds. The third-order valence-electron chi connectivity index (χ3n) is 4.31. The van der Waals surface area contributed by atoms with Crippen LogP contribution in [0.2, 0.25) is 0 Å². The van der Waals surface area contributed by atoms with Crippen LogP contribution in [0.1, 0.15) is 27.5 Å². The molecule has 29 heavy (non-hydrogen) atoms. The molecule has 0 saturated carbocycles. The number of nitrogens with zero attached hydrogens (tertiary/aromatic N) is 3. The molecule has 1 N–H and O–H groups in total. The van der Waals surface area contributed by atoms with Crippen molar-refractivity contribution in [2.75, 3.05) is 0 Å². The predicted molar refractivity (Wildman–Crippen MR) is 96.4 cm³/mol. The van der Waals surface area contributed by atoms with Crippen molar-refractivity contribution in [1.29, 1.82) is 0 Å². The summed E-state index contributed by atoms with van der Waals surface area (Å²) in [5.41, 5.74) is 0.0980. The van der Waals surface area contributed by atoms with Gasteiger partial charge in [-0.1, -0.05) is 11.6 Å². The van der Waals surface area contributed by atoms with Gasteiger partial charge in [0.25, 0.3) is 5.91 Å². The lowest BCUT2D eigenvalue weighted by Gasteiger charge is -2.08. The summed E-state index contributed by atoms with van der Waals surface area (Å²) in [6.07, 6.45) is -3.67. The van der Waals surface area contributed by atoms with E-state index in [0.717, 1.165) is 28.3 Å². The van der Waals surface area contributed by atoms with Crippen LogP contribution in [0, 0.1) is 6.92 Å². The molecule has 0 aliphatic rings. The Hall–Kier alpha value is -3.69. The summed E-state index contributed by atoms with van der Waals surface area (Å²) < 4.78 is 45.4. The Kier molecular flexibility index (Phi) is 4.33. The van der Waals surface area contributed by atoms with Crippen LogP contribution < -0.4 is 10.7 Å². The number of aromatic nitrogens is 3. The second kappa shape index (κ2) is 6.73. The molecular formula is C19H13F3N4O3. The van der Waals surface area contributed by atoms with Gasteiger partial charge in [-0.15, -0.1) is 10.2 Å². The van der Waals surface area contributed by atoms with E-state index in [1.165, 1.54) is 6.07 Å². The molecule has 7 nitrogen and oxygen atoms in total. The van der Waals surface area contributed by atoms with Crippen LogP contribution in [-0.2, 0) is 12.7 Å². The number of carbonyl (C=O) groups is 1. The standard InChI is InChI=1S/C19H13F3N4O3/c1-10-2-4-14-12(6-10)13(27)7-15(29-14)18(28)23-8-17-25-24-16-5-3-11(9-26(16)17)19(20,21)22/h2-7,9H,8H2,1H3,(H,23,28). The molecule has 0 saturated heterocycles. The predicted octanol–water partition coefficient (Wildman–Crippen LogP) is 3.09. The van der Waals surface area contributed by atoms with Gasteiger partial charge >= 0.3 is 6.18 Å². The fourth-order valence-electron chi connectivity index (χ4n) is 2.85. The Bertz CT molecular complexity index is 1310. The Morgan fingerprint density at radius 3 is 2.72 bits per heavy atom. The molecule has 148 valence electrons. The first-order valence-electron chi connectivity index (χ1n) is 8.46. The fourth-order valence-corrected chi connectivity index (χ4v) is 2.85. The molecule has 4 rings (SSSR count). The molecule has 1 aromatic carbocycles. The monoisotopic (exact) mass is 402 g/mol. The minimum absolute atomic E-state index is 0.0956. The maximum Gasteiger partial charge on any atom is 0.417 e. The number of nitrogens with one attached hydrogen (secondary N) is 1. The number of halogens is 3.